The van der Waals surface area contributed by atoms with Crippen LogP contribution in [0.2, 0.25) is 0 Å². The molecule has 0 aromatic carbocycles. The molecule has 8 heteroatoms. The Morgan fingerprint density at radius 3 is 1.82 bits per heavy atom. The van der Waals surface area contributed by atoms with Crippen LogP contribution < -0.4 is 43.4 Å². The Balaban J connectivity index is 1.11. The zero-order valence-corrected chi connectivity index (χ0v) is 32.5. The number of allylic oxidation sites excluding steroid dienone is 1. The summed E-state index contributed by atoms with van der Waals surface area (Å²) in [6.45, 7) is 20.6. The van der Waals surface area contributed by atoms with Crippen LogP contribution in [-0.2, 0) is 0 Å². The van der Waals surface area contributed by atoms with Gasteiger partial charge in [0.2, 0.25) is 0 Å². The third-order valence-electron chi connectivity index (χ3n) is 13.8. The fraction of sp³-hybridized carbons (Fsp3) is 0.951. The lowest BCUT2D eigenvalue weighted by Crippen LogP contribution is -2.53. The normalized spacial score (nSPS) is 31.6. The molecule has 3 saturated carbocycles. The molecular weight excluding hydrogens is 605 g/mol. The van der Waals surface area contributed by atoms with Crippen molar-refractivity contribution in [3.05, 3.63) is 11.6 Å². The third-order valence-corrected chi connectivity index (χ3v) is 13.8. The van der Waals surface area contributed by atoms with E-state index in [2.05, 4.69) is 58.7 Å². The second-order valence-electron chi connectivity index (χ2n) is 17.0. The lowest BCUT2D eigenvalue weighted by atomic mass is 9.46. The maximum atomic E-state index is 5.56. The van der Waals surface area contributed by atoms with Crippen LogP contribution in [0.15, 0.2) is 11.6 Å². The summed E-state index contributed by atoms with van der Waals surface area (Å²) in [7, 11) is 0. The van der Waals surface area contributed by atoms with Crippen LogP contribution >= 0.6 is 0 Å². The fourth-order valence-corrected chi connectivity index (χ4v) is 10.9. The fourth-order valence-electron chi connectivity index (χ4n) is 10.9. The summed E-state index contributed by atoms with van der Waals surface area (Å²) in [6, 6.07) is 1.21. The van der Waals surface area contributed by atoms with Gasteiger partial charge in [0.1, 0.15) is 0 Å². The Morgan fingerprint density at radius 1 is 0.633 bits per heavy atom. The number of fused-ring (bicyclic) bond motifs is 5. The Bertz CT molecular complexity index is 914. The Hall–Kier alpha value is -0.580. The Kier molecular flexibility index (Phi) is 18.9. The predicted octanol–water partition coefficient (Wildman–Crippen LogP) is 4.90. The Morgan fingerprint density at radius 2 is 1.20 bits per heavy atom. The highest BCUT2D eigenvalue weighted by molar-refractivity contribution is 5.26. The minimum atomic E-state index is 0.444. The first kappa shape index (κ1) is 41.2. The molecule has 0 amide bonds. The quantitative estimate of drug-likeness (QED) is 0.0454. The SMILES string of the molecule is C[C@H](NCCCNCCCCNCCCN)C1CCC2C3CCC4=C[C@@H](NCCCNCCCCNCCCN)CC[C@]4(C)C3CC[C@@]21C. The summed E-state index contributed by atoms with van der Waals surface area (Å²) in [4.78, 5) is 0. The highest BCUT2D eigenvalue weighted by Gasteiger charge is 2.59. The van der Waals surface area contributed by atoms with E-state index in [1.807, 2.05) is 5.57 Å². The summed E-state index contributed by atoms with van der Waals surface area (Å²) >= 11 is 0. The molecule has 4 rings (SSSR count). The second kappa shape index (κ2) is 22.5. The van der Waals surface area contributed by atoms with Crippen molar-refractivity contribution in [1.29, 1.82) is 0 Å². The van der Waals surface area contributed by atoms with Crippen molar-refractivity contribution in [2.75, 3.05) is 78.5 Å². The van der Waals surface area contributed by atoms with Gasteiger partial charge >= 0.3 is 0 Å². The first-order valence-electron chi connectivity index (χ1n) is 21.3. The lowest BCUT2D eigenvalue weighted by Gasteiger charge is -2.59. The number of hydrogen-bond acceptors (Lipinski definition) is 8. The van der Waals surface area contributed by atoms with Gasteiger partial charge in [-0.1, -0.05) is 25.5 Å². The summed E-state index contributed by atoms with van der Waals surface area (Å²) in [5, 5.41) is 22.2. The van der Waals surface area contributed by atoms with Gasteiger partial charge < -0.3 is 43.4 Å². The number of nitrogens with one attached hydrogen (secondary N) is 6. The molecule has 0 saturated heterocycles. The van der Waals surface area contributed by atoms with Gasteiger partial charge in [0.25, 0.3) is 0 Å². The number of hydrogen-bond donors (Lipinski definition) is 8. The number of rotatable bonds is 27. The van der Waals surface area contributed by atoms with Crippen molar-refractivity contribution in [2.45, 2.75) is 136 Å². The highest BCUT2D eigenvalue weighted by atomic mass is 14.9. The minimum Gasteiger partial charge on any atom is -0.330 e. The van der Waals surface area contributed by atoms with Crippen molar-refractivity contribution in [3.63, 3.8) is 0 Å². The largest absolute Gasteiger partial charge is 0.330 e. The van der Waals surface area contributed by atoms with Crippen LogP contribution in [0.1, 0.15) is 124 Å². The van der Waals surface area contributed by atoms with Gasteiger partial charge in [-0.15, -0.1) is 0 Å². The van der Waals surface area contributed by atoms with E-state index >= 15 is 0 Å². The third kappa shape index (κ3) is 12.2. The smallest absolute Gasteiger partial charge is 0.0253 e. The van der Waals surface area contributed by atoms with E-state index in [9.17, 15) is 0 Å². The molecule has 0 heterocycles. The summed E-state index contributed by atoms with van der Waals surface area (Å²) in [5.41, 5.74) is 13.9. The van der Waals surface area contributed by atoms with E-state index in [1.54, 1.807) is 0 Å². The first-order valence-corrected chi connectivity index (χ1v) is 21.3. The standard InChI is InChI=1S/C41H82N8/c1-33(48-30-10-28-46-24-6-4-22-44-26-8-20-42)37-14-15-38-36-13-12-34-32-35(16-18-40(34,2)39(36)17-19-41(37,38)3)49-31-11-29-47-25-7-5-23-45-27-9-21-43/h32-33,35-39,44-49H,4-31,42-43H2,1-3H3/t33-,35-,36?,37?,38?,39?,40-,41+/m0/s1. The molecule has 4 aliphatic carbocycles. The van der Waals surface area contributed by atoms with Crippen molar-refractivity contribution >= 4 is 0 Å². The zero-order chi connectivity index (χ0) is 34.8. The van der Waals surface area contributed by atoms with Gasteiger partial charge in [-0.3, -0.25) is 0 Å². The topological polar surface area (TPSA) is 124 Å². The maximum absolute atomic E-state index is 5.56. The highest BCUT2D eigenvalue weighted by Crippen LogP contribution is 2.67. The summed E-state index contributed by atoms with van der Waals surface area (Å²) in [5.74, 6) is 3.61. The number of unbranched alkanes of at least 4 members (excludes halogenated alkanes) is 2. The van der Waals surface area contributed by atoms with Crippen LogP contribution in [0, 0.1) is 34.5 Å². The summed E-state index contributed by atoms with van der Waals surface area (Å²) < 4.78 is 0. The minimum absolute atomic E-state index is 0.444. The molecule has 8 atom stereocenters. The monoisotopic (exact) mass is 687 g/mol. The van der Waals surface area contributed by atoms with Gasteiger partial charge in [0, 0.05) is 12.1 Å². The molecule has 3 fully saturated rings. The van der Waals surface area contributed by atoms with E-state index in [4.69, 9.17) is 11.5 Å². The van der Waals surface area contributed by atoms with Crippen molar-refractivity contribution in [2.24, 2.45) is 46.0 Å². The molecule has 8 nitrogen and oxygen atoms in total. The van der Waals surface area contributed by atoms with Crippen LogP contribution in [0.3, 0.4) is 0 Å². The average Bonchev–Trinajstić information content (AvgIpc) is 3.46. The van der Waals surface area contributed by atoms with Crippen molar-refractivity contribution in [3.8, 4) is 0 Å². The molecule has 0 spiro atoms. The van der Waals surface area contributed by atoms with Crippen molar-refractivity contribution in [1.82, 2.24) is 31.9 Å². The van der Waals surface area contributed by atoms with Crippen LogP contribution in [0.5, 0.6) is 0 Å². The van der Waals surface area contributed by atoms with Gasteiger partial charge in [0.15, 0.2) is 0 Å². The molecule has 10 N–H and O–H groups in total. The Labute approximate surface area is 303 Å². The van der Waals surface area contributed by atoms with Crippen LogP contribution in [0.25, 0.3) is 0 Å². The second-order valence-corrected chi connectivity index (χ2v) is 17.0. The molecule has 286 valence electrons. The molecule has 0 aromatic heterocycles. The van der Waals surface area contributed by atoms with Crippen molar-refractivity contribution < 1.29 is 0 Å². The van der Waals surface area contributed by atoms with E-state index in [-0.39, 0.29) is 0 Å². The molecule has 4 unspecified atom stereocenters. The molecule has 0 radical (unpaired) electrons. The first-order chi connectivity index (χ1) is 23.9. The van der Waals surface area contributed by atoms with E-state index in [1.165, 1.54) is 89.9 Å². The number of nitrogens with two attached hydrogens (primary N) is 2. The lowest BCUT2D eigenvalue weighted by molar-refractivity contribution is -0.0560. The van der Waals surface area contributed by atoms with E-state index < -0.39 is 0 Å². The molecule has 49 heavy (non-hydrogen) atoms. The van der Waals surface area contributed by atoms with Crippen LogP contribution in [0.4, 0.5) is 0 Å². The van der Waals surface area contributed by atoms with Crippen LogP contribution in [-0.4, -0.2) is 90.6 Å². The molecular formula is C41H82N8. The van der Waals surface area contributed by atoms with E-state index in [0.717, 1.165) is 115 Å². The van der Waals surface area contributed by atoms with Gasteiger partial charge in [-0.05, 0) is 223 Å². The molecule has 0 aliphatic heterocycles. The zero-order valence-electron chi connectivity index (χ0n) is 32.5. The van der Waals surface area contributed by atoms with Gasteiger partial charge in [-0.25, -0.2) is 0 Å². The predicted molar refractivity (Wildman–Crippen MR) is 211 cm³/mol. The maximum Gasteiger partial charge on any atom is 0.0253 e. The van der Waals surface area contributed by atoms with E-state index in [0.29, 0.717) is 22.9 Å². The molecule has 0 aromatic rings. The van der Waals surface area contributed by atoms with Gasteiger partial charge in [0.05, 0.1) is 0 Å². The van der Waals surface area contributed by atoms with Gasteiger partial charge in [-0.2, -0.15) is 0 Å². The average molecular weight is 687 g/mol. The molecule has 4 aliphatic rings. The summed E-state index contributed by atoms with van der Waals surface area (Å²) in [6.07, 6.45) is 23.6. The molecule has 0 bridgehead atoms.